The van der Waals surface area contributed by atoms with E-state index in [1.165, 1.54) is 0 Å². The molecule has 2 aromatic rings. The Bertz CT molecular complexity index is 1080. The van der Waals surface area contributed by atoms with E-state index in [0.29, 0.717) is 18.2 Å². The van der Waals surface area contributed by atoms with Gasteiger partial charge in [-0.25, -0.2) is 35.9 Å². The van der Waals surface area contributed by atoms with Crippen molar-refractivity contribution in [3.63, 3.8) is 0 Å². The van der Waals surface area contributed by atoms with Crippen LogP contribution in [-0.2, 0) is 19.6 Å². The molecule has 0 fully saturated rings. The number of nitrogens with two attached hydrogens (primary N) is 1. The minimum absolute atomic E-state index is 0.100. The molecule has 0 bridgehead atoms. The van der Waals surface area contributed by atoms with Crippen LogP contribution in [0.2, 0.25) is 0 Å². The Morgan fingerprint density at radius 3 is 2.23 bits per heavy atom. The number of hydrogen-bond acceptors (Lipinski definition) is 4. The Labute approximate surface area is 144 Å². The smallest absolute Gasteiger partial charge is 0.339 e. The summed E-state index contributed by atoms with van der Waals surface area (Å²) in [5.74, 6) is -5.85. The van der Waals surface area contributed by atoms with E-state index in [4.69, 9.17) is 9.88 Å². The van der Waals surface area contributed by atoms with E-state index in [9.17, 15) is 30.8 Å². The summed E-state index contributed by atoms with van der Waals surface area (Å²) in [6.07, 6.45) is 0. The Balaban J connectivity index is 2.23. The van der Waals surface area contributed by atoms with Gasteiger partial charge in [0.05, 0.1) is 5.57 Å². The summed E-state index contributed by atoms with van der Waals surface area (Å²) in [6.45, 7) is -0.460. The molecule has 0 aromatic heterocycles. The first-order valence-electron chi connectivity index (χ1n) is 6.97. The molecule has 0 unspecified atom stereocenters. The number of rotatable bonds is 3. The third-order valence-corrected chi connectivity index (χ3v) is 4.64. The molecule has 10 heteroatoms. The molecule has 0 spiro atoms. The van der Waals surface area contributed by atoms with E-state index < -0.39 is 56.3 Å². The van der Waals surface area contributed by atoms with Crippen LogP contribution in [0.5, 0.6) is 0 Å². The van der Waals surface area contributed by atoms with Gasteiger partial charge in [0.25, 0.3) is 0 Å². The maximum absolute atomic E-state index is 14.4. The maximum atomic E-state index is 14.4. The average molecular weight is 387 g/mol. The molecule has 3 rings (SSSR count). The highest BCUT2D eigenvalue weighted by molar-refractivity contribution is 7.89. The molecular weight excluding hydrogens is 378 g/mol. The quantitative estimate of drug-likeness (QED) is 0.647. The summed E-state index contributed by atoms with van der Waals surface area (Å²) in [4.78, 5) is 10.9. The number of ether oxygens (including phenoxy) is 1. The van der Waals surface area contributed by atoms with E-state index in [1.54, 1.807) is 0 Å². The van der Waals surface area contributed by atoms with Crippen molar-refractivity contribution in [3.8, 4) is 0 Å². The monoisotopic (exact) mass is 387 g/mol. The van der Waals surface area contributed by atoms with Crippen molar-refractivity contribution in [2.45, 2.75) is 4.90 Å². The number of sulfonamides is 1. The highest BCUT2D eigenvalue weighted by Crippen LogP contribution is 2.35. The number of carbonyl (C=O) groups excluding carboxylic acids is 1. The highest BCUT2D eigenvalue weighted by Gasteiger charge is 2.30. The fraction of sp³-hybridized carbons (Fsp3) is 0.0625. The third-order valence-electron chi connectivity index (χ3n) is 3.71. The van der Waals surface area contributed by atoms with E-state index in [-0.39, 0.29) is 16.7 Å². The summed E-state index contributed by atoms with van der Waals surface area (Å²) >= 11 is 0. The van der Waals surface area contributed by atoms with Crippen LogP contribution in [0.15, 0.2) is 35.2 Å². The first-order valence-corrected chi connectivity index (χ1v) is 8.52. The number of benzene rings is 2. The maximum Gasteiger partial charge on any atom is 0.339 e. The molecule has 0 amide bonds. The molecule has 26 heavy (non-hydrogen) atoms. The number of carbonyl (C=O) groups is 1. The summed E-state index contributed by atoms with van der Waals surface area (Å²) < 4.78 is 82.2. The molecule has 0 saturated heterocycles. The topological polar surface area (TPSA) is 86.5 Å². The fourth-order valence-electron chi connectivity index (χ4n) is 2.54. The second-order valence-electron chi connectivity index (χ2n) is 5.37. The van der Waals surface area contributed by atoms with Crippen molar-refractivity contribution in [1.82, 2.24) is 0 Å². The Morgan fingerprint density at radius 1 is 0.923 bits per heavy atom. The van der Waals surface area contributed by atoms with Gasteiger partial charge in [0.2, 0.25) is 10.0 Å². The zero-order valence-corrected chi connectivity index (χ0v) is 13.5. The number of primary sulfonamides is 1. The van der Waals surface area contributed by atoms with Gasteiger partial charge in [0, 0.05) is 11.1 Å². The lowest BCUT2D eigenvalue weighted by Crippen LogP contribution is -2.15. The van der Waals surface area contributed by atoms with E-state index >= 15 is 0 Å². The zero-order chi connectivity index (χ0) is 19.2. The van der Waals surface area contributed by atoms with Crippen molar-refractivity contribution >= 4 is 27.1 Å². The van der Waals surface area contributed by atoms with E-state index in [0.717, 1.165) is 12.1 Å². The van der Waals surface area contributed by atoms with Crippen LogP contribution in [-0.4, -0.2) is 21.0 Å². The van der Waals surface area contributed by atoms with Gasteiger partial charge < -0.3 is 4.74 Å². The van der Waals surface area contributed by atoms with Crippen LogP contribution in [0, 0.1) is 23.3 Å². The molecule has 1 aliphatic rings. The molecule has 5 nitrogen and oxygen atoms in total. The molecular formula is C16H9F4NO4S. The second kappa shape index (κ2) is 6.22. The van der Waals surface area contributed by atoms with Gasteiger partial charge in [-0.1, -0.05) is 6.07 Å². The predicted molar refractivity (Wildman–Crippen MR) is 81.9 cm³/mol. The van der Waals surface area contributed by atoms with E-state index in [1.807, 2.05) is 0 Å². The molecule has 2 N–H and O–H groups in total. The van der Waals surface area contributed by atoms with Crippen molar-refractivity contribution in [2.75, 3.05) is 6.61 Å². The minimum Gasteiger partial charge on any atom is -0.457 e. The van der Waals surface area contributed by atoms with Crippen LogP contribution in [0.1, 0.15) is 11.1 Å². The summed E-state index contributed by atoms with van der Waals surface area (Å²) in [7, 11) is -4.50. The molecule has 0 saturated carbocycles. The van der Waals surface area contributed by atoms with Crippen molar-refractivity contribution in [2.24, 2.45) is 5.14 Å². The summed E-state index contributed by atoms with van der Waals surface area (Å²) in [5, 5.41) is 4.80. The highest BCUT2D eigenvalue weighted by atomic mass is 32.2. The lowest BCUT2D eigenvalue weighted by molar-refractivity contribution is -0.133. The van der Waals surface area contributed by atoms with Crippen LogP contribution in [0.4, 0.5) is 17.6 Å². The Kier molecular flexibility index (Phi) is 4.32. The summed E-state index contributed by atoms with van der Waals surface area (Å²) in [6, 6.07) is 3.48. The van der Waals surface area contributed by atoms with Gasteiger partial charge in [-0.15, -0.1) is 0 Å². The van der Waals surface area contributed by atoms with Crippen molar-refractivity contribution in [1.29, 1.82) is 0 Å². The third kappa shape index (κ3) is 3.08. The zero-order valence-electron chi connectivity index (χ0n) is 12.7. The number of cyclic esters (lactones) is 1. The minimum atomic E-state index is -4.50. The first kappa shape index (κ1) is 18.1. The van der Waals surface area contributed by atoms with Crippen LogP contribution >= 0.6 is 0 Å². The van der Waals surface area contributed by atoms with Gasteiger partial charge in [0.1, 0.15) is 23.1 Å². The van der Waals surface area contributed by atoms with Crippen LogP contribution < -0.4 is 5.14 Å². The Morgan fingerprint density at radius 2 is 1.62 bits per heavy atom. The van der Waals surface area contributed by atoms with Crippen LogP contribution in [0.25, 0.3) is 11.1 Å². The SMILES string of the molecule is NS(=O)(=O)c1cc(F)c(C2=C(c3ccc(F)c(F)c3)C(=O)OC2)cc1F. The number of halogens is 4. The van der Waals surface area contributed by atoms with Gasteiger partial charge in [-0.05, 0) is 29.8 Å². The van der Waals surface area contributed by atoms with Crippen LogP contribution in [0.3, 0.4) is 0 Å². The van der Waals surface area contributed by atoms with Gasteiger partial charge >= 0.3 is 5.97 Å². The van der Waals surface area contributed by atoms with Crippen molar-refractivity contribution < 1.29 is 35.5 Å². The largest absolute Gasteiger partial charge is 0.457 e. The molecule has 1 aliphatic heterocycles. The fourth-order valence-corrected chi connectivity index (χ4v) is 3.14. The van der Waals surface area contributed by atoms with Gasteiger partial charge in [-0.3, -0.25) is 0 Å². The lowest BCUT2D eigenvalue weighted by Gasteiger charge is -2.09. The first-order chi connectivity index (χ1) is 12.1. The Hall–Kier alpha value is -2.72. The molecule has 136 valence electrons. The lowest BCUT2D eigenvalue weighted by atomic mass is 9.96. The number of hydrogen-bond donors (Lipinski definition) is 1. The second-order valence-corrected chi connectivity index (χ2v) is 6.90. The summed E-state index contributed by atoms with van der Waals surface area (Å²) in [5.41, 5.74) is -0.985. The van der Waals surface area contributed by atoms with Gasteiger partial charge in [0.15, 0.2) is 11.6 Å². The molecule has 1 heterocycles. The van der Waals surface area contributed by atoms with Gasteiger partial charge in [-0.2, -0.15) is 0 Å². The van der Waals surface area contributed by atoms with E-state index in [2.05, 4.69) is 0 Å². The van der Waals surface area contributed by atoms with Crippen molar-refractivity contribution in [3.05, 3.63) is 64.7 Å². The molecule has 0 radical (unpaired) electrons. The average Bonchev–Trinajstić information content (AvgIpc) is 2.92. The predicted octanol–water partition coefficient (Wildman–Crippen LogP) is 2.36. The normalized spacial score (nSPS) is 14.7. The molecule has 2 aromatic carbocycles. The standard InChI is InChI=1S/C16H9F4NO4S/c17-10-2-1-7(3-12(10)19)15-9(6-25-16(15)22)8-4-13(20)14(5-11(8)18)26(21,23)24/h1-5H,6H2,(H2,21,23,24). The number of esters is 1. The molecule has 0 aliphatic carbocycles. The molecule has 0 atom stereocenters.